The molecular weight excluding hydrogens is 268 g/mol. The molecule has 0 spiro atoms. The van der Waals surface area contributed by atoms with E-state index in [2.05, 4.69) is 5.10 Å². The van der Waals surface area contributed by atoms with Gasteiger partial charge in [-0.25, -0.2) is 0 Å². The average Bonchev–Trinajstić information content (AvgIpc) is 2.79. The van der Waals surface area contributed by atoms with E-state index in [4.69, 9.17) is 10.5 Å². The van der Waals surface area contributed by atoms with Crippen molar-refractivity contribution in [2.75, 3.05) is 25.9 Å². The van der Waals surface area contributed by atoms with E-state index in [1.807, 2.05) is 31.2 Å². The van der Waals surface area contributed by atoms with Crippen LogP contribution in [0.5, 0.6) is 5.75 Å². The minimum absolute atomic E-state index is 0.208. The van der Waals surface area contributed by atoms with Crippen molar-refractivity contribution in [1.82, 2.24) is 14.7 Å². The van der Waals surface area contributed by atoms with Crippen LogP contribution >= 0.6 is 0 Å². The molecular formula is C15H20N4O2. The fourth-order valence-electron chi connectivity index (χ4n) is 1.89. The molecule has 6 heteroatoms. The van der Waals surface area contributed by atoms with Crippen LogP contribution in [0.15, 0.2) is 30.5 Å². The maximum Gasteiger partial charge on any atom is 0.276 e. The third-order valence-electron chi connectivity index (χ3n) is 3.12. The Morgan fingerprint density at radius 3 is 2.62 bits per heavy atom. The highest BCUT2D eigenvalue weighted by atomic mass is 16.5. The molecule has 0 atom stereocenters. The Bertz CT molecular complexity index is 619. The van der Waals surface area contributed by atoms with Crippen LogP contribution in [0, 0.1) is 6.92 Å². The Balaban J connectivity index is 1.87. The molecule has 0 bridgehead atoms. The molecule has 0 aliphatic heterocycles. The Labute approximate surface area is 124 Å². The van der Waals surface area contributed by atoms with Gasteiger partial charge in [-0.15, -0.1) is 0 Å². The third kappa shape index (κ3) is 3.75. The normalized spacial score (nSPS) is 10.4. The second kappa shape index (κ2) is 6.30. The first-order chi connectivity index (χ1) is 9.97. The fraction of sp³-hybridized carbons (Fsp3) is 0.333. The number of carbonyl (C=O) groups is 1. The van der Waals surface area contributed by atoms with Crippen molar-refractivity contribution in [1.29, 1.82) is 0 Å². The molecule has 1 aromatic carbocycles. The van der Waals surface area contributed by atoms with Gasteiger partial charge in [-0.3, -0.25) is 9.48 Å². The summed E-state index contributed by atoms with van der Waals surface area (Å²) in [5.74, 6) is 0.583. The summed E-state index contributed by atoms with van der Waals surface area (Å²) >= 11 is 0. The average molecular weight is 288 g/mol. The molecule has 0 unspecified atom stereocenters. The van der Waals surface area contributed by atoms with Gasteiger partial charge in [-0.05, 0) is 19.1 Å². The van der Waals surface area contributed by atoms with Crippen LogP contribution in [0.3, 0.4) is 0 Å². The van der Waals surface area contributed by atoms with Crippen molar-refractivity contribution in [3.8, 4) is 5.75 Å². The first-order valence-electron chi connectivity index (χ1n) is 6.71. The zero-order valence-electron chi connectivity index (χ0n) is 12.5. The second-order valence-electron chi connectivity index (χ2n) is 4.99. The summed E-state index contributed by atoms with van der Waals surface area (Å²) in [5, 5.41) is 4.07. The maximum atomic E-state index is 12.2. The van der Waals surface area contributed by atoms with E-state index in [-0.39, 0.29) is 11.6 Å². The van der Waals surface area contributed by atoms with Gasteiger partial charge in [0.1, 0.15) is 12.4 Å². The SMILES string of the molecule is Cc1ccc(OCCN(C)C(=O)c2nn(C)cc2N)cc1. The molecule has 0 saturated heterocycles. The highest BCUT2D eigenvalue weighted by Gasteiger charge is 2.18. The maximum absolute atomic E-state index is 12.2. The molecule has 1 aromatic heterocycles. The summed E-state index contributed by atoms with van der Waals surface area (Å²) in [5.41, 5.74) is 7.59. The number of hydrogen-bond donors (Lipinski definition) is 1. The first kappa shape index (κ1) is 14.9. The van der Waals surface area contributed by atoms with Crippen molar-refractivity contribution in [3.63, 3.8) is 0 Å². The van der Waals surface area contributed by atoms with E-state index in [1.54, 1.807) is 25.2 Å². The highest BCUT2D eigenvalue weighted by Crippen LogP contribution is 2.12. The smallest absolute Gasteiger partial charge is 0.276 e. The lowest BCUT2D eigenvalue weighted by Gasteiger charge is -2.16. The predicted molar refractivity (Wildman–Crippen MR) is 81.3 cm³/mol. The van der Waals surface area contributed by atoms with Gasteiger partial charge < -0.3 is 15.4 Å². The molecule has 0 aliphatic rings. The molecule has 0 saturated carbocycles. The molecule has 0 radical (unpaired) electrons. The summed E-state index contributed by atoms with van der Waals surface area (Å²) in [6.45, 7) is 2.90. The van der Waals surface area contributed by atoms with E-state index in [0.717, 1.165) is 5.75 Å². The molecule has 2 rings (SSSR count). The number of rotatable bonds is 5. The van der Waals surface area contributed by atoms with Crippen LogP contribution in [-0.2, 0) is 7.05 Å². The number of amides is 1. The fourth-order valence-corrected chi connectivity index (χ4v) is 1.89. The van der Waals surface area contributed by atoms with Crippen molar-refractivity contribution >= 4 is 11.6 Å². The van der Waals surface area contributed by atoms with Gasteiger partial charge in [0.2, 0.25) is 0 Å². The van der Waals surface area contributed by atoms with Crippen LogP contribution < -0.4 is 10.5 Å². The number of aryl methyl sites for hydroxylation is 2. The second-order valence-corrected chi connectivity index (χ2v) is 4.99. The van der Waals surface area contributed by atoms with E-state index in [9.17, 15) is 4.79 Å². The van der Waals surface area contributed by atoms with Gasteiger partial charge in [0, 0.05) is 20.3 Å². The largest absolute Gasteiger partial charge is 0.492 e. The highest BCUT2D eigenvalue weighted by molar-refractivity contribution is 5.96. The van der Waals surface area contributed by atoms with Gasteiger partial charge in [0.25, 0.3) is 5.91 Å². The molecule has 21 heavy (non-hydrogen) atoms. The number of hydrogen-bond acceptors (Lipinski definition) is 4. The number of carbonyl (C=O) groups excluding carboxylic acids is 1. The van der Waals surface area contributed by atoms with Crippen LogP contribution in [0.1, 0.15) is 16.1 Å². The number of aromatic nitrogens is 2. The Morgan fingerprint density at radius 2 is 2.05 bits per heavy atom. The minimum atomic E-state index is -0.208. The van der Waals surface area contributed by atoms with Crippen LogP contribution in [-0.4, -0.2) is 40.8 Å². The summed E-state index contributed by atoms with van der Waals surface area (Å²) < 4.78 is 7.13. The topological polar surface area (TPSA) is 73.4 Å². The Hall–Kier alpha value is -2.50. The summed E-state index contributed by atoms with van der Waals surface area (Å²) in [6.07, 6.45) is 1.61. The van der Waals surface area contributed by atoms with Gasteiger partial charge in [0.05, 0.1) is 12.2 Å². The van der Waals surface area contributed by atoms with E-state index >= 15 is 0 Å². The monoisotopic (exact) mass is 288 g/mol. The summed E-state index contributed by atoms with van der Waals surface area (Å²) in [4.78, 5) is 13.7. The quantitative estimate of drug-likeness (QED) is 0.904. The number of anilines is 1. The van der Waals surface area contributed by atoms with Crippen LogP contribution in [0.4, 0.5) is 5.69 Å². The number of nitrogens with two attached hydrogens (primary N) is 1. The first-order valence-corrected chi connectivity index (χ1v) is 6.71. The Morgan fingerprint density at radius 1 is 1.38 bits per heavy atom. The molecule has 112 valence electrons. The minimum Gasteiger partial charge on any atom is -0.492 e. The van der Waals surface area contributed by atoms with E-state index < -0.39 is 0 Å². The van der Waals surface area contributed by atoms with Gasteiger partial charge in [-0.2, -0.15) is 5.10 Å². The third-order valence-corrected chi connectivity index (χ3v) is 3.12. The number of nitrogen functional groups attached to an aromatic ring is 1. The van der Waals surface area contributed by atoms with Crippen molar-refractivity contribution in [2.24, 2.45) is 7.05 Å². The lowest BCUT2D eigenvalue weighted by molar-refractivity contribution is 0.0768. The number of nitrogens with zero attached hydrogens (tertiary/aromatic N) is 3. The van der Waals surface area contributed by atoms with Crippen molar-refractivity contribution in [2.45, 2.75) is 6.92 Å². The number of likely N-dealkylation sites (N-methyl/N-ethyl adjacent to an activating group) is 1. The van der Waals surface area contributed by atoms with Gasteiger partial charge >= 0.3 is 0 Å². The Kier molecular flexibility index (Phi) is 4.47. The zero-order valence-corrected chi connectivity index (χ0v) is 12.5. The number of benzene rings is 1. The summed E-state index contributed by atoms with van der Waals surface area (Å²) in [6, 6.07) is 7.79. The number of ether oxygens (including phenoxy) is 1. The lowest BCUT2D eigenvalue weighted by Crippen LogP contribution is -2.31. The van der Waals surface area contributed by atoms with Crippen molar-refractivity contribution < 1.29 is 9.53 Å². The predicted octanol–water partition coefficient (Wildman–Crippen LogP) is 1.46. The van der Waals surface area contributed by atoms with Gasteiger partial charge in [-0.1, -0.05) is 17.7 Å². The van der Waals surface area contributed by atoms with Crippen molar-refractivity contribution in [3.05, 3.63) is 41.7 Å². The summed E-state index contributed by atoms with van der Waals surface area (Å²) in [7, 11) is 3.43. The zero-order chi connectivity index (χ0) is 15.4. The van der Waals surface area contributed by atoms with E-state index in [0.29, 0.717) is 18.8 Å². The molecule has 6 nitrogen and oxygen atoms in total. The lowest BCUT2D eigenvalue weighted by atomic mass is 10.2. The molecule has 1 amide bonds. The molecule has 0 aliphatic carbocycles. The molecule has 2 N–H and O–H groups in total. The van der Waals surface area contributed by atoms with Gasteiger partial charge in [0.15, 0.2) is 5.69 Å². The standard InChI is InChI=1S/C15H20N4O2/c1-11-4-6-12(7-5-11)21-9-8-18(2)15(20)14-13(16)10-19(3)17-14/h4-7,10H,8-9,16H2,1-3H3. The van der Waals surface area contributed by atoms with Crippen LogP contribution in [0.25, 0.3) is 0 Å². The molecule has 2 aromatic rings. The van der Waals surface area contributed by atoms with E-state index in [1.165, 1.54) is 10.2 Å². The van der Waals surface area contributed by atoms with Crippen LogP contribution in [0.2, 0.25) is 0 Å². The molecule has 1 heterocycles. The molecule has 0 fully saturated rings.